The van der Waals surface area contributed by atoms with Crippen molar-refractivity contribution in [3.63, 3.8) is 0 Å². The quantitative estimate of drug-likeness (QED) is 0.211. The van der Waals surface area contributed by atoms with E-state index in [1.165, 1.54) is 6.07 Å². The first kappa shape index (κ1) is 24.2. The van der Waals surface area contributed by atoms with Crippen molar-refractivity contribution < 1.29 is 4.39 Å². The molecule has 0 fully saturated rings. The maximum Gasteiger partial charge on any atom is 0.123 e. The highest BCUT2D eigenvalue weighted by molar-refractivity contribution is 6.36. The van der Waals surface area contributed by atoms with Gasteiger partial charge in [0.2, 0.25) is 0 Å². The van der Waals surface area contributed by atoms with Crippen LogP contribution in [0.15, 0.2) is 146 Å². The number of hydrogen-bond donors (Lipinski definition) is 0. The molecule has 0 radical (unpaired) electrons. The second kappa shape index (κ2) is 10.0. The Morgan fingerprint density at radius 2 is 1.07 bits per heavy atom. The molecule has 4 heteroatoms. The lowest BCUT2D eigenvalue weighted by molar-refractivity contribution is 0.628. The fraction of sp³-hybridized carbons (Fsp3) is 0. The average molecular weight is 539 g/mol. The van der Waals surface area contributed by atoms with Crippen LogP contribution in [0.1, 0.15) is 0 Å². The molecule has 6 aromatic carbocycles. The summed E-state index contributed by atoms with van der Waals surface area (Å²) in [6, 6.07) is 47.9. The van der Waals surface area contributed by atoms with Crippen LogP contribution in [0.4, 0.5) is 21.5 Å². The molecule has 1 aromatic heterocycles. The van der Waals surface area contributed by atoms with Crippen molar-refractivity contribution in [2.45, 2.75) is 0 Å². The van der Waals surface area contributed by atoms with E-state index in [9.17, 15) is 4.39 Å². The van der Waals surface area contributed by atoms with Crippen LogP contribution in [-0.2, 0) is 0 Å². The zero-order valence-electron chi connectivity index (χ0n) is 21.5. The van der Waals surface area contributed by atoms with E-state index in [-0.39, 0.29) is 5.82 Å². The zero-order chi connectivity index (χ0) is 27.1. The Bertz CT molecular complexity index is 1890. The highest BCUT2D eigenvalue weighted by Crippen LogP contribution is 2.45. The molecule has 2 nitrogen and oxygen atoms in total. The number of halogens is 2. The van der Waals surface area contributed by atoms with Gasteiger partial charge >= 0.3 is 0 Å². The van der Waals surface area contributed by atoms with Gasteiger partial charge in [-0.1, -0.05) is 96.5 Å². The Kier molecular flexibility index (Phi) is 6.07. The van der Waals surface area contributed by atoms with Crippen LogP contribution in [0, 0.1) is 5.82 Å². The minimum absolute atomic E-state index is 0.282. The van der Waals surface area contributed by atoms with Crippen molar-refractivity contribution in [3.05, 3.63) is 156 Å². The zero-order valence-corrected chi connectivity index (χ0v) is 22.3. The summed E-state index contributed by atoms with van der Waals surface area (Å²) in [6.07, 6.45) is 0. The molecule has 40 heavy (non-hydrogen) atoms. The number of aromatic nitrogens is 1. The molecule has 0 aliphatic carbocycles. The Hall–Kier alpha value is -4.86. The van der Waals surface area contributed by atoms with Crippen molar-refractivity contribution in [2.75, 3.05) is 4.90 Å². The molecule has 0 spiro atoms. The van der Waals surface area contributed by atoms with E-state index < -0.39 is 0 Å². The largest absolute Gasteiger partial charge is 0.309 e. The van der Waals surface area contributed by atoms with Crippen LogP contribution in [0.25, 0.3) is 38.6 Å². The topological polar surface area (TPSA) is 8.17 Å². The van der Waals surface area contributed by atoms with Gasteiger partial charge in [0.1, 0.15) is 5.82 Å². The van der Waals surface area contributed by atoms with Crippen LogP contribution >= 0.6 is 11.6 Å². The van der Waals surface area contributed by atoms with E-state index in [0.29, 0.717) is 5.02 Å². The van der Waals surface area contributed by atoms with E-state index in [1.54, 1.807) is 12.1 Å². The second-order valence-electron chi connectivity index (χ2n) is 9.72. The number of hydrogen-bond acceptors (Lipinski definition) is 1. The highest BCUT2D eigenvalue weighted by atomic mass is 35.5. The van der Waals surface area contributed by atoms with Gasteiger partial charge < -0.3 is 9.47 Å². The molecule has 0 saturated heterocycles. The summed E-state index contributed by atoms with van der Waals surface area (Å²) in [7, 11) is 0. The van der Waals surface area contributed by atoms with Crippen LogP contribution < -0.4 is 4.90 Å². The summed E-state index contributed by atoms with van der Waals surface area (Å²) in [6.45, 7) is 0. The van der Waals surface area contributed by atoms with E-state index in [0.717, 1.165) is 55.7 Å². The van der Waals surface area contributed by atoms with Gasteiger partial charge in [-0.3, -0.25) is 0 Å². The molecule has 7 aromatic rings. The number of anilines is 3. The first-order valence-electron chi connectivity index (χ1n) is 13.2. The molecule has 0 aliphatic heterocycles. The van der Waals surface area contributed by atoms with E-state index in [1.807, 2.05) is 54.6 Å². The molecule has 1 heterocycles. The van der Waals surface area contributed by atoms with Crippen LogP contribution in [-0.4, -0.2) is 4.57 Å². The second-order valence-corrected chi connectivity index (χ2v) is 10.1. The lowest BCUT2D eigenvalue weighted by Crippen LogP contribution is -2.12. The van der Waals surface area contributed by atoms with Crippen molar-refractivity contribution in [2.24, 2.45) is 0 Å². The Labute approximate surface area is 237 Å². The summed E-state index contributed by atoms with van der Waals surface area (Å²) in [4.78, 5) is 2.16. The smallest absolute Gasteiger partial charge is 0.123 e. The van der Waals surface area contributed by atoms with Crippen LogP contribution in [0.2, 0.25) is 5.02 Å². The molecular weight excluding hydrogens is 515 g/mol. The average Bonchev–Trinajstić information content (AvgIpc) is 3.34. The predicted octanol–water partition coefficient (Wildman–Crippen LogP) is 10.7. The third-order valence-corrected chi connectivity index (χ3v) is 7.67. The van der Waals surface area contributed by atoms with Crippen LogP contribution in [0.5, 0.6) is 0 Å². The summed E-state index contributed by atoms with van der Waals surface area (Å²) in [5.41, 5.74) is 7.33. The summed E-state index contributed by atoms with van der Waals surface area (Å²) in [5, 5.41) is 2.89. The third kappa shape index (κ3) is 4.12. The van der Waals surface area contributed by atoms with E-state index >= 15 is 0 Å². The van der Waals surface area contributed by atoms with Gasteiger partial charge in [-0.2, -0.15) is 0 Å². The number of rotatable bonds is 5. The van der Waals surface area contributed by atoms with Gasteiger partial charge in [0, 0.05) is 22.1 Å². The predicted molar refractivity (Wildman–Crippen MR) is 166 cm³/mol. The standard InChI is InChI=1S/C36H24ClFN2/c37-36-34(39(28-14-3-1-4-15-28)29-16-5-2-6-17-29)23-26(25-12-11-13-27(38)22-25)24-35(36)40-32-20-9-7-18-30(32)31-19-8-10-21-33(31)40/h1-24H. The summed E-state index contributed by atoms with van der Waals surface area (Å²) in [5.74, 6) is -0.282. The monoisotopic (exact) mass is 538 g/mol. The van der Waals surface area contributed by atoms with Gasteiger partial charge in [-0.25, -0.2) is 4.39 Å². The number of nitrogens with zero attached hydrogens (tertiary/aromatic N) is 2. The minimum atomic E-state index is -0.282. The Morgan fingerprint density at radius 1 is 0.525 bits per heavy atom. The highest BCUT2D eigenvalue weighted by Gasteiger charge is 2.22. The molecule has 0 saturated carbocycles. The van der Waals surface area contributed by atoms with Crippen molar-refractivity contribution in [1.29, 1.82) is 0 Å². The number of para-hydroxylation sites is 4. The lowest BCUT2D eigenvalue weighted by atomic mass is 10.0. The molecule has 0 amide bonds. The molecule has 0 bridgehead atoms. The molecule has 0 N–H and O–H groups in total. The first-order valence-corrected chi connectivity index (χ1v) is 13.5. The van der Waals surface area contributed by atoms with Crippen molar-refractivity contribution >= 4 is 50.5 Å². The van der Waals surface area contributed by atoms with Crippen LogP contribution in [0.3, 0.4) is 0 Å². The van der Waals surface area contributed by atoms with E-state index in [4.69, 9.17) is 11.6 Å². The molecule has 0 atom stereocenters. The Morgan fingerprint density at radius 3 is 1.65 bits per heavy atom. The van der Waals surface area contributed by atoms with Gasteiger partial charge in [-0.05, 0) is 71.8 Å². The fourth-order valence-electron chi connectivity index (χ4n) is 5.52. The lowest BCUT2D eigenvalue weighted by Gasteiger charge is -2.28. The van der Waals surface area contributed by atoms with Crippen molar-refractivity contribution in [3.8, 4) is 16.8 Å². The Balaban J connectivity index is 1.59. The molecular formula is C36H24ClFN2. The van der Waals surface area contributed by atoms with Gasteiger partial charge in [0.15, 0.2) is 0 Å². The molecule has 0 unspecified atom stereocenters. The third-order valence-electron chi connectivity index (χ3n) is 7.28. The molecule has 0 aliphatic rings. The molecule has 7 rings (SSSR count). The summed E-state index contributed by atoms with van der Waals surface area (Å²) >= 11 is 7.45. The maximum absolute atomic E-state index is 14.5. The first-order chi connectivity index (χ1) is 19.7. The SMILES string of the molecule is Fc1cccc(-c2cc(N(c3ccccc3)c3ccccc3)c(Cl)c(-n3c4ccccc4c4ccccc43)c2)c1. The molecule has 192 valence electrons. The summed E-state index contributed by atoms with van der Waals surface area (Å²) < 4.78 is 16.7. The fourth-order valence-corrected chi connectivity index (χ4v) is 5.80. The number of benzene rings is 6. The van der Waals surface area contributed by atoms with Gasteiger partial charge in [0.25, 0.3) is 0 Å². The van der Waals surface area contributed by atoms with Crippen molar-refractivity contribution in [1.82, 2.24) is 4.57 Å². The van der Waals surface area contributed by atoms with Gasteiger partial charge in [-0.15, -0.1) is 0 Å². The number of fused-ring (bicyclic) bond motifs is 3. The maximum atomic E-state index is 14.5. The van der Waals surface area contributed by atoms with E-state index in [2.05, 4.69) is 82.3 Å². The minimum Gasteiger partial charge on any atom is -0.309 e. The normalized spacial score (nSPS) is 11.2. The van der Waals surface area contributed by atoms with Gasteiger partial charge in [0.05, 0.1) is 27.4 Å².